The van der Waals surface area contributed by atoms with Crippen LogP contribution in [0.3, 0.4) is 0 Å². The maximum atomic E-state index is 14.0. The molecular formula is C35H35N3O4S. The minimum Gasteiger partial charge on any atom is -0.489 e. The van der Waals surface area contributed by atoms with Crippen molar-refractivity contribution in [2.75, 3.05) is 25.6 Å². The summed E-state index contributed by atoms with van der Waals surface area (Å²) in [5.74, 6) is 0.304. The first-order valence-corrected chi connectivity index (χ1v) is 15.0. The number of thiazole rings is 1. The second-order valence-electron chi connectivity index (χ2n) is 10.4. The van der Waals surface area contributed by atoms with E-state index in [2.05, 4.69) is 11.6 Å². The van der Waals surface area contributed by atoms with Crippen LogP contribution in [0.25, 0.3) is 6.08 Å². The van der Waals surface area contributed by atoms with Gasteiger partial charge >= 0.3 is 5.97 Å². The Morgan fingerprint density at radius 1 is 1.09 bits per heavy atom. The topological polar surface area (TPSA) is 73.1 Å². The van der Waals surface area contributed by atoms with Crippen LogP contribution in [0.15, 0.2) is 107 Å². The molecule has 0 saturated heterocycles. The normalized spacial score (nSPS) is 14.6. The summed E-state index contributed by atoms with van der Waals surface area (Å²) in [6.07, 6.45) is 4.33. The molecule has 8 heteroatoms. The van der Waals surface area contributed by atoms with Gasteiger partial charge in [-0.05, 0) is 72.9 Å². The number of allylic oxidation sites excluding steroid dienone is 2. The quantitative estimate of drug-likeness (QED) is 0.187. The van der Waals surface area contributed by atoms with Crippen molar-refractivity contribution in [1.29, 1.82) is 0 Å². The molecule has 4 aromatic rings. The second-order valence-corrected chi connectivity index (χ2v) is 11.4. The van der Waals surface area contributed by atoms with Gasteiger partial charge in [0, 0.05) is 19.8 Å². The maximum absolute atomic E-state index is 14.0. The molecule has 220 valence electrons. The number of hydrogen-bond donors (Lipinski definition) is 0. The van der Waals surface area contributed by atoms with Crippen molar-refractivity contribution < 1.29 is 14.3 Å². The lowest BCUT2D eigenvalue weighted by atomic mass is 9.95. The van der Waals surface area contributed by atoms with Crippen LogP contribution in [0.2, 0.25) is 0 Å². The van der Waals surface area contributed by atoms with Crippen molar-refractivity contribution in [1.82, 2.24) is 4.57 Å². The zero-order chi connectivity index (χ0) is 30.5. The smallest absolute Gasteiger partial charge is 0.338 e. The number of ether oxygens (including phenoxy) is 2. The zero-order valence-corrected chi connectivity index (χ0v) is 25.7. The van der Waals surface area contributed by atoms with E-state index in [-0.39, 0.29) is 12.2 Å². The number of carbonyl (C=O) groups is 1. The molecule has 0 amide bonds. The molecule has 43 heavy (non-hydrogen) atoms. The van der Waals surface area contributed by atoms with Crippen molar-refractivity contribution >= 4 is 29.1 Å². The van der Waals surface area contributed by atoms with Gasteiger partial charge in [-0.3, -0.25) is 9.36 Å². The third kappa shape index (κ3) is 6.39. The lowest BCUT2D eigenvalue weighted by Crippen LogP contribution is -2.39. The standard InChI is InChI=1S/C35H35N3O4S/c1-6-11-27-20-25(14-19-29(27)42-22-24-12-9-8-10-13-24)21-30-33(39)38-32(26-15-17-28(18-16-26)37(4)5)31(34(40)41-7-2)23(3)36-35(38)43-30/h6,8-10,12-21,32H,1,7,11,22H2,2-5H3/b30-21+/t32-/m1/s1. The van der Waals surface area contributed by atoms with E-state index in [0.29, 0.717) is 33.6 Å². The van der Waals surface area contributed by atoms with Crippen LogP contribution in [-0.4, -0.2) is 31.2 Å². The summed E-state index contributed by atoms with van der Waals surface area (Å²) in [7, 11) is 3.93. The minimum absolute atomic E-state index is 0.214. The van der Waals surface area contributed by atoms with Gasteiger partial charge in [-0.1, -0.05) is 65.9 Å². The molecule has 1 aliphatic heterocycles. The number of anilines is 1. The highest BCUT2D eigenvalue weighted by Gasteiger charge is 2.33. The van der Waals surface area contributed by atoms with Gasteiger partial charge in [0.25, 0.3) is 5.56 Å². The molecule has 1 atom stereocenters. The van der Waals surface area contributed by atoms with Crippen molar-refractivity contribution in [3.05, 3.63) is 139 Å². The number of esters is 1. The van der Waals surface area contributed by atoms with Gasteiger partial charge in [-0.25, -0.2) is 9.79 Å². The third-order valence-electron chi connectivity index (χ3n) is 7.23. The Balaban J connectivity index is 1.57. The average Bonchev–Trinajstić information content (AvgIpc) is 3.30. The Labute approximate surface area is 255 Å². The molecule has 1 aliphatic rings. The molecule has 0 bridgehead atoms. The summed E-state index contributed by atoms with van der Waals surface area (Å²) >= 11 is 1.31. The van der Waals surface area contributed by atoms with Crippen molar-refractivity contribution in [2.45, 2.75) is 32.9 Å². The summed E-state index contributed by atoms with van der Waals surface area (Å²) in [5.41, 5.74) is 5.45. The zero-order valence-electron chi connectivity index (χ0n) is 24.9. The molecule has 0 saturated carbocycles. The summed E-state index contributed by atoms with van der Waals surface area (Å²) in [6.45, 7) is 8.15. The highest BCUT2D eigenvalue weighted by atomic mass is 32.1. The van der Waals surface area contributed by atoms with E-state index in [9.17, 15) is 9.59 Å². The SMILES string of the molecule is C=CCc1cc(/C=c2/sc3n(c2=O)[C@H](c2ccc(N(C)C)cc2)C(C(=O)OCC)=C(C)N=3)ccc1OCc1ccccc1. The van der Waals surface area contributed by atoms with Crippen LogP contribution in [0.1, 0.15) is 42.1 Å². The predicted octanol–water partition coefficient (Wildman–Crippen LogP) is 5.17. The number of aromatic nitrogens is 1. The lowest BCUT2D eigenvalue weighted by molar-refractivity contribution is -0.139. The Hall–Kier alpha value is -4.69. The fourth-order valence-corrected chi connectivity index (χ4v) is 6.14. The summed E-state index contributed by atoms with van der Waals surface area (Å²) < 4.78 is 13.7. The molecule has 0 fully saturated rings. The van der Waals surface area contributed by atoms with Gasteiger partial charge in [-0.2, -0.15) is 0 Å². The van der Waals surface area contributed by atoms with Gasteiger partial charge < -0.3 is 14.4 Å². The molecule has 0 spiro atoms. The molecule has 0 N–H and O–H groups in total. The fourth-order valence-electron chi connectivity index (χ4n) is 5.09. The first-order valence-electron chi connectivity index (χ1n) is 14.2. The highest BCUT2D eigenvalue weighted by Crippen LogP contribution is 2.31. The fraction of sp³-hybridized carbons (Fsp3) is 0.229. The summed E-state index contributed by atoms with van der Waals surface area (Å²) in [5, 5.41) is 0. The van der Waals surface area contributed by atoms with E-state index in [1.165, 1.54) is 11.3 Å². The van der Waals surface area contributed by atoms with Crippen LogP contribution in [0, 0.1) is 0 Å². The molecule has 0 radical (unpaired) electrons. The van der Waals surface area contributed by atoms with Gasteiger partial charge in [0.1, 0.15) is 12.4 Å². The van der Waals surface area contributed by atoms with Crippen LogP contribution in [0.5, 0.6) is 5.75 Å². The van der Waals surface area contributed by atoms with Crippen molar-refractivity contribution in [3.63, 3.8) is 0 Å². The highest BCUT2D eigenvalue weighted by molar-refractivity contribution is 7.07. The Bertz CT molecular complexity index is 1850. The van der Waals surface area contributed by atoms with Crippen molar-refractivity contribution in [2.24, 2.45) is 4.99 Å². The number of fused-ring (bicyclic) bond motifs is 1. The third-order valence-corrected chi connectivity index (χ3v) is 8.21. The maximum Gasteiger partial charge on any atom is 0.338 e. The monoisotopic (exact) mass is 593 g/mol. The summed E-state index contributed by atoms with van der Waals surface area (Å²) in [6, 6.07) is 23.1. The summed E-state index contributed by atoms with van der Waals surface area (Å²) in [4.78, 5) is 34.4. The van der Waals surface area contributed by atoms with E-state index in [4.69, 9.17) is 9.47 Å². The van der Waals surface area contributed by atoms with Gasteiger partial charge in [0.15, 0.2) is 4.80 Å². The second kappa shape index (κ2) is 13.1. The Morgan fingerprint density at radius 2 is 1.84 bits per heavy atom. The van der Waals surface area contributed by atoms with E-state index in [1.54, 1.807) is 18.4 Å². The molecule has 5 rings (SSSR count). The van der Waals surface area contributed by atoms with Crippen molar-refractivity contribution in [3.8, 4) is 5.75 Å². The average molecular weight is 594 g/mol. The first kappa shape index (κ1) is 29.8. The lowest BCUT2D eigenvalue weighted by Gasteiger charge is -2.25. The largest absolute Gasteiger partial charge is 0.489 e. The van der Waals surface area contributed by atoms with E-state index in [1.807, 2.05) is 104 Å². The van der Waals surface area contributed by atoms with E-state index < -0.39 is 12.0 Å². The van der Waals surface area contributed by atoms with Gasteiger partial charge in [0.2, 0.25) is 0 Å². The Kier molecular flexibility index (Phi) is 9.07. The molecular weight excluding hydrogens is 558 g/mol. The van der Waals surface area contributed by atoms with E-state index in [0.717, 1.165) is 33.7 Å². The molecule has 7 nitrogen and oxygen atoms in total. The molecule has 0 aliphatic carbocycles. The predicted molar refractivity (Wildman–Crippen MR) is 172 cm³/mol. The number of nitrogens with zero attached hydrogens (tertiary/aromatic N) is 3. The molecule has 1 aromatic heterocycles. The minimum atomic E-state index is -0.654. The number of hydrogen-bond acceptors (Lipinski definition) is 7. The molecule has 0 unspecified atom stereocenters. The van der Waals surface area contributed by atoms with E-state index >= 15 is 0 Å². The van der Waals surface area contributed by atoms with Crippen LogP contribution in [0.4, 0.5) is 5.69 Å². The Morgan fingerprint density at radius 3 is 2.51 bits per heavy atom. The molecule has 2 heterocycles. The van der Waals surface area contributed by atoms with Crippen LogP contribution >= 0.6 is 11.3 Å². The van der Waals surface area contributed by atoms with Crippen LogP contribution < -0.4 is 24.5 Å². The van der Waals surface area contributed by atoms with Crippen LogP contribution in [-0.2, 0) is 22.6 Å². The first-order chi connectivity index (χ1) is 20.8. The molecule has 3 aromatic carbocycles. The number of carbonyl (C=O) groups excluding carboxylic acids is 1. The van der Waals surface area contributed by atoms with Gasteiger partial charge in [0.05, 0.1) is 28.5 Å². The van der Waals surface area contributed by atoms with Gasteiger partial charge in [-0.15, -0.1) is 6.58 Å². The number of benzene rings is 3. The number of rotatable bonds is 10.